The lowest BCUT2D eigenvalue weighted by molar-refractivity contribution is 0.0950. The number of amides is 1. The number of rotatable bonds is 7. The van der Waals surface area contributed by atoms with Gasteiger partial charge in [-0.2, -0.15) is 0 Å². The molecule has 0 aliphatic carbocycles. The van der Waals surface area contributed by atoms with E-state index in [1.165, 1.54) is 0 Å². The molecule has 0 spiro atoms. The van der Waals surface area contributed by atoms with Gasteiger partial charge in [0.25, 0.3) is 11.5 Å². The third-order valence-electron chi connectivity index (χ3n) is 3.84. The SMILES string of the molecule is COCCn1c(C)cc(C)c(C(=O)NCCc2ccccn2)c1=O. The maximum atomic E-state index is 12.6. The molecule has 128 valence electrons. The van der Waals surface area contributed by atoms with Crippen LogP contribution in [0.4, 0.5) is 0 Å². The summed E-state index contributed by atoms with van der Waals surface area (Å²) in [6.45, 7) is 4.91. The van der Waals surface area contributed by atoms with Gasteiger partial charge >= 0.3 is 0 Å². The Morgan fingerprint density at radius 3 is 2.79 bits per heavy atom. The van der Waals surface area contributed by atoms with E-state index in [0.29, 0.717) is 31.7 Å². The first-order chi connectivity index (χ1) is 11.5. The summed E-state index contributed by atoms with van der Waals surface area (Å²) in [5.41, 5.74) is 2.31. The molecule has 6 nitrogen and oxygen atoms in total. The van der Waals surface area contributed by atoms with E-state index in [1.54, 1.807) is 24.8 Å². The van der Waals surface area contributed by atoms with Crippen LogP contribution < -0.4 is 10.9 Å². The van der Waals surface area contributed by atoms with Crippen molar-refractivity contribution < 1.29 is 9.53 Å². The first-order valence-electron chi connectivity index (χ1n) is 7.92. The molecule has 0 fully saturated rings. The molecule has 0 radical (unpaired) electrons. The number of aryl methyl sites for hydroxylation is 2. The van der Waals surface area contributed by atoms with Gasteiger partial charge in [-0.1, -0.05) is 6.07 Å². The van der Waals surface area contributed by atoms with Crippen LogP contribution >= 0.6 is 0 Å². The van der Waals surface area contributed by atoms with E-state index in [-0.39, 0.29) is 17.0 Å². The highest BCUT2D eigenvalue weighted by Crippen LogP contribution is 2.07. The fraction of sp³-hybridized carbons (Fsp3) is 0.389. The van der Waals surface area contributed by atoms with E-state index >= 15 is 0 Å². The van der Waals surface area contributed by atoms with Gasteiger partial charge in [0.15, 0.2) is 0 Å². The van der Waals surface area contributed by atoms with Crippen LogP contribution in [-0.4, -0.2) is 35.7 Å². The zero-order valence-electron chi connectivity index (χ0n) is 14.3. The minimum Gasteiger partial charge on any atom is -0.383 e. The van der Waals surface area contributed by atoms with Crippen molar-refractivity contribution in [2.24, 2.45) is 0 Å². The summed E-state index contributed by atoms with van der Waals surface area (Å²) < 4.78 is 6.61. The quantitative estimate of drug-likeness (QED) is 0.835. The van der Waals surface area contributed by atoms with Gasteiger partial charge in [0.1, 0.15) is 5.56 Å². The van der Waals surface area contributed by atoms with Crippen LogP contribution in [0.3, 0.4) is 0 Å². The molecule has 0 saturated heterocycles. The number of carbonyl (C=O) groups excluding carboxylic acids is 1. The average Bonchev–Trinajstić information content (AvgIpc) is 2.55. The molecule has 1 N–H and O–H groups in total. The molecule has 6 heteroatoms. The fourth-order valence-corrected chi connectivity index (χ4v) is 2.60. The highest BCUT2D eigenvalue weighted by Gasteiger charge is 2.17. The van der Waals surface area contributed by atoms with Crippen LogP contribution in [0.5, 0.6) is 0 Å². The second-order valence-corrected chi connectivity index (χ2v) is 5.62. The largest absolute Gasteiger partial charge is 0.383 e. The van der Waals surface area contributed by atoms with E-state index in [9.17, 15) is 9.59 Å². The Morgan fingerprint density at radius 1 is 1.33 bits per heavy atom. The molecule has 2 aromatic heterocycles. The van der Waals surface area contributed by atoms with Crippen molar-refractivity contribution in [3.8, 4) is 0 Å². The number of aromatic nitrogens is 2. The number of hydrogen-bond donors (Lipinski definition) is 1. The molecule has 0 aliphatic rings. The third kappa shape index (κ3) is 4.29. The molecule has 0 aliphatic heterocycles. The van der Waals surface area contributed by atoms with Crippen molar-refractivity contribution in [2.75, 3.05) is 20.3 Å². The van der Waals surface area contributed by atoms with E-state index < -0.39 is 0 Å². The maximum absolute atomic E-state index is 12.6. The van der Waals surface area contributed by atoms with Crippen molar-refractivity contribution in [1.82, 2.24) is 14.9 Å². The van der Waals surface area contributed by atoms with Crippen LogP contribution in [0.15, 0.2) is 35.3 Å². The lowest BCUT2D eigenvalue weighted by atomic mass is 10.1. The second kappa shape index (κ2) is 8.40. The van der Waals surface area contributed by atoms with E-state index in [0.717, 1.165) is 11.4 Å². The number of nitrogens with zero attached hydrogens (tertiary/aromatic N) is 2. The molecular formula is C18H23N3O3. The second-order valence-electron chi connectivity index (χ2n) is 5.62. The smallest absolute Gasteiger partial charge is 0.263 e. The van der Waals surface area contributed by atoms with E-state index in [4.69, 9.17) is 4.74 Å². The topological polar surface area (TPSA) is 73.2 Å². The van der Waals surface area contributed by atoms with E-state index in [2.05, 4.69) is 10.3 Å². The maximum Gasteiger partial charge on any atom is 0.263 e. The molecule has 1 amide bonds. The molecule has 0 bridgehead atoms. The number of carbonyl (C=O) groups is 1. The van der Waals surface area contributed by atoms with Crippen molar-refractivity contribution >= 4 is 5.91 Å². The number of hydrogen-bond acceptors (Lipinski definition) is 4. The lowest BCUT2D eigenvalue weighted by Gasteiger charge is -2.14. The Hall–Kier alpha value is -2.47. The molecular weight excluding hydrogens is 306 g/mol. The fourth-order valence-electron chi connectivity index (χ4n) is 2.60. The number of nitrogens with one attached hydrogen (secondary N) is 1. The van der Waals surface area contributed by atoms with E-state index in [1.807, 2.05) is 31.2 Å². The normalized spacial score (nSPS) is 10.6. The first kappa shape index (κ1) is 17.9. The molecule has 24 heavy (non-hydrogen) atoms. The first-order valence-corrected chi connectivity index (χ1v) is 7.92. The molecule has 2 heterocycles. The highest BCUT2D eigenvalue weighted by atomic mass is 16.5. The number of ether oxygens (including phenoxy) is 1. The Morgan fingerprint density at radius 2 is 2.12 bits per heavy atom. The van der Waals surface area contributed by atoms with Gasteiger partial charge in [0.2, 0.25) is 0 Å². The van der Waals surface area contributed by atoms with Gasteiger partial charge in [-0.05, 0) is 37.6 Å². The molecule has 0 atom stereocenters. The summed E-state index contributed by atoms with van der Waals surface area (Å²) >= 11 is 0. The summed E-state index contributed by atoms with van der Waals surface area (Å²) in [6, 6.07) is 7.51. The van der Waals surface area contributed by atoms with Crippen LogP contribution in [0, 0.1) is 13.8 Å². The Labute approximate surface area is 141 Å². The van der Waals surface area contributed by atoms with Gasteiger partial charge in [-0.25, -0.2) is 0 Å². The zero-order valence-corrected chi connectivity index (χ0v) is 14.3. The van der Waals surface area contributed by atoms with Crippen molar-refractivity contribution in [2.45, 2.75) is 26.8 Å². The molecule has 0 unspecified atom stereocenters. The Kier molecular flexibility index (Phi) is 6.26. The predicted molar refractivity (Wildman–Crippen MR) is 92.3 cm³/mol. The van der Waals surface area contributed by atoms with Crippen molar-refractivity contribution in [1.29, 1.82) is 0 Å². The zero-order chi connectivity index (χ0) is 17.5. The lowest BCUT2D eigenvalue weighted by Crippen LogP contribution is -2.36. The van der Waals surface area contributed by atoms with Crippen LogP contribution in [0.2, 0.25) is 0 Å². The standard InChI is InChI=1S/C18H23N3O3/c1-13-12-14(2)21(10-11-24-3)18(23)16(13)17(22)20-9-7-15-6-4-5-8-19-15/h4-6,8,12H,7,9-11H2,1-3H3,(H,20,22). The van der Waals surface area contributed by atoms with Gasteiger partial charge in [0.05, 0.1) is 6.61 Å². The minimum atomic E-state index is -0.348. The summed E-state index contributed by atoms with van der Waals surface area (Å²) in [5, 5.41) is 2.81. The molecule has 2 rings (SSSR count). The summed E-state index contributed by atoms with van der Waals surface area (Å²) in [6.07, 6.45) is 2.34. The molecule has 0 aromatic carbocycles. The van der Waals surface area contributed by atoms with Crippen molar-refractivity contribution in [3.63, 3.8) is 0 Å². The summed E-state index contributed by atoms with van der Waals surface area (Å²) in [5.74, 6) is -0.348. The third-order valence-corrected chi connectivity index (χ3v) is 3.84. The highest BCUT2D eigenvalue weighted by molar-refractivity contribution is 5.95. The monoisotopic (exact) mass is 329 g/mol. The van der Waals surface area contributed by atoms with Gasteiger partial charge in [0, 0.05) is 44.2 Å². The Bertz CT molecular complexity index is 754. The van der Waals surface area contributed by atoms with Crippen LogP contribution in [0.1, 0.15) is 27.3 Å². The average molecular weight is 329 g/mol. The van der Waals surface area contributed by atoms with Gasteiger partial charge in [-0.15, -0.1) is 0 Å². The minimum absolute atomic E-state index is 0.192. The van der Waals surface area contributed by atoms with Crippen LogP contribution in [0.25, 0.3) is 0 Å². The van der Waals surface area contributed by atoms with Crippen molar-refractivity contribution in [3.05, 3.63) is 63.3 Å². The molecule has 2 aromatic rings. The van der Waals surface area contributed by atoms with Gasteiger partial charge < -0.3 is 14.6 Å². The molecule has 0 saturated carbocycles. The number of pyridine rings is 2. The predicted octanol–water partition coefficient (Wildman–Crippen LogP) is 1.48. The summed E-state index contributed by atoms with van der Waals surface area (Å²) in [7, 11) is 1.58. The summed E-state index contributed by atoms with van der Waals surface area (Å²) in [4.78, 5) is 29.3. The van der Waals surface area contributed by atoms with Crippen LogP contribution in [-0.2, 0) is 17.7 Å². The van der Waals surface area contributed by atoms with Gasteiger partial charge in [-0.3, -0.25) is 14.6 Å². The Balaban J connectivity index is 2.12. The number of methoxy groups -OCH3 is 1.